The third kappa shape index (κ3) is 8.30. The number of ether oxygens (including phenoxy) is 1. The highest BCUT2D eigenvalue weighted by Gasteiger charge is 2.29. The molecule has 1 fully saturated rings. The molecule has 2 N–H and O–H groups in total. The normalized spacial score (nSPS) is 21.6. The van der Waals surface area contributed by atoms with Crippen LogP contribution >= 0.6 is 0 Å². The fourth-order valence-electron chi connectivity index (χ4n) is 4.06. The number of nitrogens with zero attached hydrogens (tertiary/aromatic N) is 1. The average molecular weight is 466 g/mol. The van der Waals surface area contributed by atoms with E-state index in [4.69, 9.17) is 4.74 Å². The standard InChI is InChI=1S/C27H35N3O4/c1-30-20-25(31)34-17-11-3-2-10-16-28-23(18-21-12-6-4-7-13-21)26(32)29-24(27(30)33)19-22-14-8-5-9-15-22/h4-9,12-15,23-24,28H,2-3,10-11,16-20H2,1H3,(H,29,32). The third-order valence-corrected chi connectivity index (χ3v) is 5.96. The number of rotatable bonds is 4. The molecular formula is C27H35N3O4. The zero-order valence-electron chi connectivity index (χ0n) is 19.9. The number of hydrogen-bond donors (Lipinski definition) is 2. The summed E-state index contributed by atoms with van der Waals surface area (Å²) >= 11 is 0. The summed E-state index contributed by atoms with van der Waals surface area (Å²) in [5, 5.41) is 6.36. The summed E-state index contributed by atoms with van der Waals surface area (Å²) in [6.45, 7) is 0.905. The molecule has 0 aliphatic carbocycles. The maximum absolute atomic E-state index is 13.4. The van der Waals surface area contributed by atoms with Crippen LogP contribution in [0.3, 0.4) is 0 Å². The van der Waals surface area contributed by atoms with Crippen molar-refractivity contribution in [1.82, 2.24) is 15.5 Å². The van der Waals surface area contributed by atoms with Gasteiger partial charge in [-0.1, -0.05) is 73.5 Å². The molecule has 7 nitrogen and oxygen atoms in total. The Morgan fingerprint density at radius 2 is 1.41 bits per heavy atom. The van der Waals surface area contributed by atoms with Gasteiger partial charge < -0.3 is 20.3 Å². The number of nitrogens with one attached hydrogen (secondary N) is 2. The molecule has 0 aromatic heterocycles. The van der Waals surface area contributed by atoms with Crippen molar-refractivity contribution in [2.75, 3.05) is 26.7 Å². The molecule has 1 aliphatic rings. The fourth-order valence-corrected chi connectivity index (χ4v) is 4.06. The number of amides is 2. The van der Waals surface area contributed by atoms with Crippen molar-refractivity contribution < 1.29 is 19.1 Å². The van der Waals surface area contributed by atoms with Gasteiger partial charge in [-0.25, -0.2) is 0 Å². The van der Waals surface area contributed by atoms with Crippen molar-refractivity contribution in [2.24, 2.45) is 0 Å². The monoisotopic (exact) mass is 465 g/mol. The van der Waals surface area contributed by atoms with E-state index >= 15 is 0 Å². The van der Waals surface area contributed by atoms with Crippen LogP contribution in [-0.4, -0.2) is 61.5 Å². The molecule has 2 unspecified atom stereocenters. The Morgan fingerprint density at radius 1 is 0.824 bits per heavy atom. The van der Waals surface area contributed by atoms with E-state index in [0.717, 1.165) is 36.8 Å². The van der Waals surface area contributed by atoms with Crippen LogP contribution in [0.1, 0.15) is 36.8 Å². The summed E-state index contributed by atoms with van der Waals surface area (Å²) in [6.07, 6.45) is 4.50. The van der Waals surface area contributed by atoms with E-state index in [-0.39, 0.29) is 18.4 Å². The summed E-state index contributed by atoms with van der Waals surface area (Å²) < 4.78 is 5.28. The van der Waals surface area contributed by atoms with Gasteiger partial charge in [0, 0.05) is 13.5 Å². The molecular weight excluding hydrogens is 430 g/mol. The second-order valence-corrected chi connectivity index (χ2v) is 8.78. The van der Waals surface area contributed by atoms with E-state index < -0.39 is 18.1 Å². The first kappa shape index (κ1) is 25.4. The molecule has 2 amide bonds. The van der Waals surface area contributed by atoms with Gasteiger partial charge >= 0.3 is 5.97 Å². The Morgan fingerprint density at radius 3 is 2.06 bits per heavy atom. The highest BCUT2D eigenvalue weighted by atomic mass is 16.5. The lowest BCUT2D eigenvalue weighted by atomic mass is 10.0. The van der Waals surface area contributed by atoms with Crippen LogP contribution in [0.5, 0.6) is 0 Å². The second-order valence-electron chi connectivity index (χ2n) is 8.78. The van der Waals surface area contributed by atoms with Crippen molar-refractivity contribution in [2.45, 2.75) is 50.6 Å². The van der Waals surface area contributed by atoms with Gasteiger partial charge in [0.05, 0.1) is 12.6 Å². The summed E-state index contributed by atoms with van der Waals surface area (Å²) in [4.78, 5) is 40.2. The van der Waals surface area contributed by atoms with Crippen LogP contribution in [0.15, 0.2) is 60.7 Å². The van der Waals surface area contributed by atoms with Gasteiger partial charge in [0.25, 0.3) is 0 Å². The Bertz CT molecular complexity index is 920. The van der Waals surface area contributed by atoms with Crippen LogP contribution in [0.25, 0.3) is 0 Å². The van der Waals surface area contributed by atoms with Gasteiger partial charge in [0.1, 0.15) is 12.6 Å². The van der Waals surface area contributed by atoms with Crippen molar-refractivity contribution in [3.63, 3.8) is 0 Å². The Labute approximate surface area is 201 Å². The minimum Gasteiger partial charge on any atom is -0.464 e. The van der Waals surface area contributed by atoms with E-state index in [1.54, 1.807) is 7.05 Å². The van der Waals surface area contributed by atoms with E-state index in [9.17, 15) is 14.4 Å². The molecule has 0 spiro atoms. The van der Waals surface area contributed by atoms with E-state index in [0.29, 0.717) is 26.0 Å². The van der Waals surface area contributed by atoms with Crippen LogP contribution in [0, 0.1) is 0 Å². The Kier molecular flexibility index (Phi) is 10.1. The molecule has 0 saturated carbocycles. The predicted octanol–water partition coefficient (Wildman–Crippen LogP) is 2.49. The molecule has 1 heterocycles. The fraction of sp³-hybridized carbons (Fsp3) is 0.444. The molecule has 1 aliphatic heterocycles. The third-order valence-electron chi connectivity index (χ3n) is 5.96. The van der Waals surface area contributed by atoms with E-state index in [1.807, 2.05) is 60.7 Å². The van der Waals surface area contributed by atoms with Crippen LogP contribution in [0.4, 0.5) is 0 Å². The first-order valence-electron chi connectivity index (χ1n) is 12.0. The number of likely N-dealkylation sites (N-methyl/N-ethyl adjacent to an activating group) is 1. The molecule has 0 radical (unpaired) electrons. The zero-order chi connectivity index (χ0) is 24.2. The molecule has 34 heavy (non-hydrogen) atoms. The molecule has 1 saturated heterocycles. The van der Waals surface area contributed by atoms with Gasteiger partial charge in [0.15, 0.2) is 0 Å². The number of cyclic esters (lactones) is 1. The molecule has 182 valence electrons. The maximum Gasteiger partial charge on any atom is 0.325 e. The zero-order valence-corrected chi connectivity index (χ0v) is 19.9. The maximum atomic E-state index is 13.4. The van der Waals surface area contributed by atoms with Gasteiger partial charge in [0.2, 0.25) is 11.8 Å². The molecule has 2 aromatic carbocycles. The van der Waals surface area contributed by atoms with Crippen LogP contribution in [-0.2, 0) is 32.0 Å². The molecule has 2 aromatic rings. The predicted molar refractivity (Wildman–Crippen MR) is 131 cm³/mol. The number of carbonyl (C=O) groups excluding carboxylic acids is 3. The molecule has 0 bridgehead atoms. The first-order chi connectivity index (χ1) is 16.5. The molecule has 7 heteroatoms. The quantitative estimate of drug-likeness (QED) is 0.678. The number of carbonyl (C=O) groups is 3. The van der Waals surface area contributed by atoms with E-state index in [2.05, 4.69) is 10.6 Å². The Balaban J connectivity index is 1.81. The highest BCUT2D eigenvalue weighted by molar-refractivity contribution is 5.91. The minimum atomic E-state index is -0.791. The van der Waals surface area contributed by atoms with Crippen molar-refractivity contribution in [1.29, 1.82) is 0 Å². The van der Waals surface area contributed by atoms with Crippen molar-refractivity contribution in [3.05, 3.63) is 71.8 Å². The summed E-state index contributed by atoms with van der Waals surface area (Å²) in [5.41, 5.74) is 1.98. The SMILES string of the molecule is CN1CC(=O)OCCCCCCNC(Cc2ccccc2)C(=O)NC(Cc2ccccc2)C1=O. The van der Waals surface area contributed by atoms with E-state index in [1.165, 1.54) is 4.90 Å². The number of benzene rings is 2. The lowest BCUT2D eigenvalue weighted by Gasteiger charge is -2.27. The largest absolute Gasteiger partial charge is 0.464 e. The smallest absolute Gasteiger partial charge is 0.325 e. The lowest BCUT2D eigenvalue weighted by molar-refractivity contribution is -0.149. The highest BCUT2D eigenvalue weighted by Crippen LogP contribution is 2.09. The molecule has 2 atom stereocenters. The van der Waals surface area contributed by atoms with Crippen molar-refractivity contribution >= 4 is 17.8 Å². The average Bonchev–Trinajstić information content (AvgIpc) is 2.84. The van der Waals surface area contributed by atoms with Gasteiger partial charge in [-0.15, -0.1) is 0 Å². The summed E-state index contributed by atoms with van der Waals surface area (Å²) in [5.74, 6) is -0.975. The van der Waals surface area contributed by atoms with Crippen molar-refractivity contribution in [3.8, 4) is 0 Å². The van der Waals surface area contributed by atoms with Gasteiger partial charge in [-0.05, 0) is 36.9 Å². The van der Waals surface area contributed by atoms with Crippen LogP contribution in [0.2, 0.25) is 0 Å². The number of esters is 1. The first-order valence-corrected chi connectivity index (χ1v) is 12.0. The van der Waals surface area contributed by atoms with Gasteiger partial charge in [-0.3, -0.25) is 14.4 Å². The van der Waals surface area contributed by atoms with Gasteiger partial charge in [-0.2, -0.15) is 0 Å². The summed E-state index contributed by atoms with van der Waals surface area (Å²) in [7, 11) is 1.57. The van der Waals surface area contributed by atoms with Crippen LogP contribution < -0.4 is 10.6 Å². The Hall–Kier alpha value is -3.19. The summed E-state index contributed by atoms with van der Waals surface area (Å²) in [6, 6.07) is 18.2. The number of hydrogen-bond acceptors (Lipinski definition) is 5. The second kappa shape index (κ2) is 13.5. The lowest BCUT2D eigenvalue weighted by Crippen LogP contribution is -2.55. The minimum absolute atomic E-state index is 0.147. The topological polar surface area (TPSA) is 87.7 Å². The molecule has 3 rings (SSSR count).